The molecule has 2 aromatic rings. The summed E-state index contributed by atoms with van der Waals surface area (Å²) in [6.45, 7) is 3.29. The molecule has 0 bridgehead atoms. The molecule has 0 unspecified atom stereocenters. The highest BCUT2D eigenvalue weighted by atomic mass is 32.2. The van der Waals surface area contributed by atoms with E-state index in [4.69, 9.17) is 4.99 Å². The second kappa shape index (κ2) is 10.0. The topological polar surface area (TPSA) is 118 Å². The Hall–Kier alpha value is -3.73. The molecule has 0 radical (unpaired) electrons. The second-order valence-corrected chi connectivity index (χ2v) is 8.51. The van der Waals surface area contributed by atoms with E-state index in [9.17, 15) is 19.7 Å². The van der Waals surface area contributed by atoms with Gasteiger partial charge in [-0.1, -0.05) is 17.8 Å². The predicted molar refractivity (Wildman–Crippen MR) is 131 cm³/mol. The van der Waals surface area contributed by atoms with Gasteiger partial charge < -0.3 is 9.64 Å². The lowest BCUT2D eigenvalue weighted by Crippen LogP contribution is -2.37. The lowest BCUT2D eigenvalue weighted by molar-refractivity contribution is -0.384. The van der Waals surface area contributed by atoms with Gasteiger partial charge in [-0.15, -0.1) is 5.01 Å². The van der Waals surface area contributed by atoms with Gasteiger partial charge in [-0.2, -0.15) is 5.10 Å². The summed E-state index contributed by atoms with van der Waals surface area (Å²) in [5.74, 6) is 1.12. The van der Waals surface area contributed by atoms with Crippen LogP contribution in [0.25, 0.3) is 0 Å². The van der Waals surface area contributed by atoms with Crippen molar-refractivity contribution < 1.29 is 19.2 Å². The largest absolute Gasteiger partial charge is 0.451 e. The number of thioether (sulfide) groups is 1. The number of anilines is 1. The molecule has 0 fully saturated rings. The number of fused-ring (bicyclic) bond motifs is 1. The molecule has 0 atom stereocenters. The SMILES string of the molecule is CCN=C(c1ccc([N+](=O)[O-])cc1)N1CCCc2cc(C3=NN(C(=O)OC)C(=O)SC3)ccc21. The fourth-order valence-electron chi connectivity index (χ4n) is 3.94. The number of benzene rings is 2. The molecular formula is C23H23N5O5S. The first-order valence-corrected chi connectivity index (χ1v) is 11.7. The van der Waals surface area contributed by atoms with Crippen molar-refractivity contribution in [1.82, 2.24) is 5.01 Å². The first kappa shape index (κ1) is 23.4. The van der Waals surface area contributed by atoms with Crippen LogP contribution in [-0.4, -0.2) is 58.8 Å². The number of hydrogen-bond donors (Lipinski definition) is 0. The molecule has 2 amide bonds. The Morgan fingerprint density at radius 3 is 2.71 bits per heavy atom. The zero-order chi connectivity index (χ0) is 24.2. The summed E-state index contributed by atoms with van der Waals surface area (Å²) in [6, 6.07) is 12.4. The molecule has 4 rings (SSSR count). The molecule has 2 aliphatic heterocycles. The van der Waals surface area contributed by atoms with Crippen molar-refractivity contribution in [2.24, 2.45) is 10.1 Å². The lowest BCUT2D eigenvalue weighted by atomic mass is 9.97. The summed E-state index contributed by atoms with van der Waals surface area (Å²) >= 11 is 1.00. The van der Waals surface area contributed by atoms with E-state index in [1.807, 2.05) is 25.1 Å². The van der Waals surface area contributed by atoms with Crippen LogP contribution in [0.3, 0.4) is 0 Å². The maximum Gasteiger partial charge on any atom is 0.438 e. The van der Waals surface area contributed by atoms with Crippen LogP contribution < -0.4 is 4.90 Å². The summed E-state index contributed by atoms with van der Waals surface area (Å²) in [6.07, 6.45) is 0.946. The zero-order valence-corrected chi connectivity index (χ0v) is 19.6. The molecule has 2 aromatic carbocycles. The predicted octanol–water partition coefficient (Wildman–Crippen LogP) is 4.45. The highest BCUT2D eigenvalue weighted by molar-refractivity contribution is 8.14. The number of nitrogens with zero attached hydrogens (tertiary/aromatic N) is 5. The normalized spacial score (nSPS) is 16.1. The van der Waals surface area contributed by atoms with Crippen molar-refractivity contribution in [1.29, 1.82) is 0 Å². The number of nitro benzene ring substituents is 1. The minimum atomic E-state index is -0.817. The van der Waals surface area contributed by atoms with E-state index in [-0.39, 0.29) is 5.69 Å². The van der Waals surface area contributed by atoms with Crippen molar-refractivity contribution in [2.75, 3.05) is 30.9 Å². The van der Waals surface area contributed by atoms with E-state index in [1.54, 1.807) is 12.1 Å². The van der Waals surface area contributed by atoms with Gasteiger partial charge in [-0.3, -0.25) is 19.9 Å². The number of amidine groups is 1. The molecule has 0 saturated heterocycles. The van der Waals surface area contributed by atoms with Crippen LogP contribution in [0.1, 0.15) is 30.0 Å². The van der Waals surface area contributed by atoms with E-state index in [2.05, 4.69) is 14.7 Å². The molecule has 0 aliphatic carbocycles. The van der Waals surface area contributed by atoms with Gasteiger partial charge in [0.25, 0.3) is 5.69 Å². The first-order valence-electron chi connectivity index (χ1n) is 10.7. The van der Waals surface area contributed by atoms with E-state index in [1.165, 1.54) is 19.2 Å². The van der Waals surface area contributed by atoms with E-state index < -0.39 is 16.3 Å². The molecule has 0 aromatic heterocycles. The zero-order valence-electron chi connectivity index (χ0n) is 18.8. The molecule has 176 valence electrons. The fraction of sp³-hybridized carbons (Fsp3) is 0.304. The number of hydrogen-bond acceptors (Lipinski definition) is 8. The molecule has 2 heterocycles. The van der Waals surface area contributed by atoms with Gasteiger partial charge in [0.05, 0.1) is 17.7 Å². The molecule has 0 saturated carbocycles. The van der Waals surface area contributed by atoms with Crippen molar-refractivity contribution >= 4 is 46.0 Å². The van der Waals surface area contributed by atoms with Gasteiger partial charge in [0.2, 0.25) is 0 Å². The molecule has 34 heavy (non-hydrogen) atoms. The third-order valence-corrected chi connectivity index (χ3v) is 6.34. The average molecular weight is 482 g/mol. The number of aliphatic imine (C=N–C) groups is 1. The van der Waals surface area contributed by atoms with Crippen LogP contribution in [0, 0.1) is 10.1 Å². The second-order valence-electron chi connectivity index (χ2n) is 7.58. The number of amides is 2. The highest BCUT2D eigenvalue weighted by Crippen LogP contribution is 2.31. The third-order valence-electron chi connectivity index (χ3n) is 5.50. The molecular weight excluding hydrogens is 458 g/mol. The number of nitro groups is 1. The number of non-ortho nitro benzene ring substituents is 1. The smallest absolute Gasteiger partial charge is 0.438 e. The van der Waals surface area contributed by atoms with Crippen molar-refractivity contribution in [3.63, 3.8) is 0 Å². The maximum atomic E-state index is 12.0. The molecule has 0 N–H and O–H groups in total. The lowest BCUT2D eigenvalue weighted by Gasteiger charge is -2.33. The Morgan fingerprint density at radius 2 is 2.03 bits per heavy atom. The number of imide groups is 1. The molecule has 10 nitrogen and oxygen atoms in total. The summed E-state index contributed by atoms with van der Waals surface area (Å²) in [5.41, 5.74) is 4.40. The Balaban J connectivity index is 1.67. The van der Waals surface area contributed by atoms with Crippen LogP contribution in [0.2, 0.25) is 0 Å². The van der Waals surface area contributed by atoms with Crippen molar-refractivity contribution in [2.45, 2.75) is 19.8 Å². The monoisotopic (exact) mass is 481 g/mol. The van der Waals surface area contributed by atoms with Crippen LogP contribution in [0.5, 0.6) is 0 Å². The van der Waals surface area contributed by atoms with Crippen LogP contribution in [0.15, 0.2) is 52.6 Å². The number of aryl methyl sites for hydroxylation is 1. The van der Waals surface area contributed by atoms with Gasteiger partial charge in [0.1, 0.15) is 5.84 Å². The van der Waals surface area contributed by atoms with E-state index >= 15 is 0 Å². The quantitative estimate of drug-likeness (QED) is 0.274. The van der Waals surface area contributed by atoms with Gasteiger partial charge in [-0.25, -0.2) is 4.79 Å². The number of rotatable bonds is 4. The van der Waals surface area contributed by atoms with E-state index in [0.717, 1.165) is 64.4 Å². The summed E-state index contributed by atoms with van der Waals surface area (Å²) in [7, 11) is 1.21. The third kappa shape index (κ3) is 4.65. The fourth-order valence-corrected chi connectivity index (χ4v) is 4.66. The van der Waals surface area contributed by atoms with Gasteiger partial charge in [0.15, 0.2) is 0 Å². The number of carbonyl (C=O) groups is 2. The van der Waals surface area contributed by atoms with Crippen LogP contribution in [-0.2, 0) is 11.2 Å². The number of hydrazone groups is 1. The van der Waals surface area contributed by atoms with Crippen LogP contribution in [0.4, 0.5) is 21.0 Å². The van der Waals surface area contributed by atoms with Gasteiger partial charge in [0, 0.05) is 42.2 Å². The summed E-state index contributed by atoms with van der Waals surface area (Å²) in [5, 5.41) is 15.5. The Morgan fingerprint density at radius 1 is 1.26 bits per heavy atom. The number of methoxy groups -OCH3 is 1. The molecule has 2 aliphatic rings. The summed E-state index contributed by atoms with van der Waals surface area (Å²) < 4.78 is 4.65. The minimum Gasteiger partial charge on any atom is -0.451 e. The average Bonchev–Trinajstić information content (AvgIpc) is 2.86. The van der Waals surface area contributed by atoms with Gasteiger partial charge >= 0.3 is 11.3 Å². The Labute approximate surface area is 200 Å². The van der Waals surface area contributed by atoms with Crippen molar-refractivity contribution in [3.05, 3.63) is 69.3 Å². The highest BCUT2D eigenvalue weighted by Gasteiger charge is 2.29. The maximum absolute atomic E-state index is 12.0. The number of ether oxygens (including phenoxy) is 1. The van der Waals surface area contributed by atoms with Crippen molar-refractivity contribution in [3.8, 4) is 0 Å². The van der Waals surface area contributed by atoms with Gasteiger partial charge in [-0.05, 0) is 55.2 Å². The standard InChI is InChI=1S/C23H23N5O5S/c1-3-24-21(15-6-9-18(10-7-15)28(31)32)26-12-4-5-17-13-16(8-11-20(17)26)19-14-34-23(30)27(25-19)22(29)33-2/h6-11,13H,3-5,12,14H2,1-2H3. The van der Waals surface area contributed by atoms with Crippen LogP contribution >= 0.6 is 11.8 Å². The number of carbonyl (C=O) groups excluding carboxylic acids is 2. The summed E-state index contributed by atoms with van der Waals surface area (Å²) in [4.78, 5) is 41.3. The molecule has 0 spiro atoms. The Bertz CT molecular complexity index is 1190. The van der Waals surface area contributed by atoms with E-state index in [0.29, 0.717) is 18.0 Å². The first-order chi connectivity index (χ1) is 16.4. The molecule has 11 heteroatoms. The minimum absolute atomic E-state index is 0.0360. The Kier molecular flexibility index (Phi) is 6.92.